The second kappa shape index (κ2) is 6.79. The third-order valence-electron chi connectivity index (χ3n) is 4.66. The molecule has 2 aromatic rings. The molecule has 0 unspecified atom stereocenters. The predicted molar refractivity (Wildman–Crippen MR) is 99.1 cm³/mol. The van der Waals surface area contributed by atoms with Crippen LogP contribution in [0.2, 0.25) is 0 Å². The molecule has 7 nitrogen and oxygen atoms in total. The third-order valence-corrected chi connectivity index (χ3v) is 8.36. The van der Waals surface area contributed by atoms with Crippen molar-refractivity contribution in [3.05, 3.63) is 47.3 Å². The van der Waals surface area contributed by atoms with Crippen LogP contribution in [0.3, 0.4) is 0 Å². The fraction of sp³-hybridized carbons (Fsp3) is 0.471. The third kappa shape index (κ3) is 3.56. The van der Waals surface area contributed by atoms with Crippen molar-refractivity contribution in [2.45, 2.75) is 38.3 Å². The van der Waals surface area contributed by atoms with Crippen LogP contribution in [0.4, 0.5) is 0 Å². The van der Waals surface area contributed by atoms with E-state index in [0.29, 0.717) is 17.7 Å². The van der Waals surface area contributed by atoms with Gasteiger partial charge < -0.3 is 0 Å². The highest BCUT2D eigenvalue weighted by atomic mass is 32.2. The standard InChI is InChI=1S/C17H23N3O4S2/c1-4-19-11-15(10-18-19)16-12-25(21,22)8-7-20(16)26(23,24)17-6-5-13(2)9-14(17)3/h5-6,9-11,16H,4,7-8,12H2,1-3H3/t16-/m1/s1. The van der Waals surface area contributed by atoms with E-state index in [4.69, 9.17) is 0 Å². The van der Waals surface area contributed by atoms with Crippen molar-refractivity contribution in [3.8, 4) is 0 Å². The summed E-state index contributed by atoms with van der Waals surface area (Å²) in [6.07, 6.45) is 3.27. The Hall–Kier alpha value is -1.71. The van der Waals surface area contributed by atoms with Crippen LogP contribution in [-0.2, 0) is 26.4 Å². The molecule has 0 aliphatic carbocycles. The molecule has 26 heavy (non-hydrogen) atoms. The van der Waals surface area contributed by atoms with Crippen molar-refractivity contribution in [2.75, 3.05) is 18.1 Å². The molecule has 1 aliphatic rings. The van der Waals surface area contributed by atoms with Crippen LogP contribution >= 0.6 is 0 Å². The first-order chi connectivity index (χ1) is 12.1. The maximum absolute atomic E-state index is 13.3. The highest BCUT2D eigenvalue weighted by molar-refractivity contribution is 7.92. The Morgan fingerprint density at radius 3 is 2.62 bits per heavy atom. The van der Waals surface area contributed by atoms with E-state index in [1.807, 2.05) is 19.9 Å². The molecule has 0 N–H and O–H groups in total. The number of hydrogen-bond donors (Lipinski definition) is 0. The summed E-state index contributed by atoms with van der Waals surface area (Å²) < 4.78 is 53.9. The Balaban J connectivity index is 2.07. The largest absolute Gasteiger partial charge is 0.273 e. The minimum atomic E-state index is -3.82. The van der Waals surface area contributed by atoms with Crippen LogP contribution in [0.15, 0.2) is 35.5 Å². The number of hydrogen-bond acceptors (Lipinski definition) is 5. The Morgan fingerprint density at radius 1 is 1.27 bits per heavy atom. The van der Waals surface area contributed by atoms with Gasteiger partial charge in [-0.15, -0.1) is 0 Å². The molecule has 3 rings (SSSR count). The van der Waals surface area contributed by atoms with Crippen molar-refractivity contribution >= 4 is 19.9 Å². The molecule has 1 aromatic carbocycles. The predicted octanol–water partition coefficient (Wildman–Crippen LogP) is 1.68. The van der Waals surface area contributed by atoms with Gasteiger partial charge in [0, 0.05) is 24.8 Å². The van der Waals surface area contributed by atoms with Gasteiger partial charge in [0.25, 0.3) is 0 Å². The van der Waals surface area contributed by atoms with Gasteiger partial charge in [0.2, 0.25) is 10.0 Å². The quantitative estimate of drug-likeness (QED) is 0.783. The lowest BCUT2D eigenvalue weighted by Gasteiger charge is -2.34. The van der Waals surface area contributed by atoms with Gasteiger partial charge in [-0.2, -0.15) is 9.40 Å². The molecule has 1 aliphatic heterocycles. The van der Waals surface area contributed by atoms with Crippen molar-refractivity contribution in [1.29, 1.82) is 0 Å². The Labute approximate surface area is 154 Å². The van der Waals surface area contributed by atoms with E-state index in [1.54, 1.807) is 36.1 Å². The molecule has 0 spiro atoms. The SMILES string of the molecule is CCn1cc([C@H]2CS(=O)(=O)CCN2S(=O)(=O)c2ccc(C)cc2C)cn1. The van der Waals surface area contributed by atoms with Crippen LogP contribution in [0.1, 0.15) is 29.7 Å². The van der Waals surface area contributed by atoms with E-state index in [0.717, 1.165) is 5.56 Å². The number of sulfone groups is 1. The first kappa shape index (κ1) is 19.1. The molecule has 0 saturated carbocycles. The average Bonchev–Trinajstić information content (AvgIpc) is 3.02. The second-order valence-corrected chi connectivity index (χ2v) is 10.7. The number of aryl methyl sites for hydroxylation is 3. The van der Waals surface area contributed by atoms with Gasteiger partial charge in [0.1, 0.15) is 0 Å². The van der Waals surface area contributed by atoms with E-state index >= 15 is 0 Å². The molecule has 142 valence electrons. The van der Waals surface area contributed by atoms with Crippen LogP contribution < -0.4 is 0 Å². The molecule has 0 amide bonds. The van der Waals surface area contributed by atoms with Crippen LogP contribution in [0, 0.1) is 13.8 Å². The maximum atomic E-state index is 13.3. The number of sulfonamides is 1. The normalized spacial score (nSPS) is 21.0. The summed E-state index contributed by atoms with van der Waals surface area (Å²) >= 11 is 0. The average molecular weight is 398 g/mol. The van der Waals surface area contributed by atoms with Crippen LogP contribution in [0.5, 0.6) is 0 Å². The summed E-state index contributed by atoms with van der Waals surface area (Å²) in [4.78, 5) is 0.218. The summed E-state index contributed by atoms with van der Waals surface area (Å²) in [5.74, 6) is -0.401. The van der Waals surface area contributed by atoms with Crippen molar-refractivity contribution in [1.82, 2.24) is 14.1 Å². The topological polar surface area (TPSA) is 89.3 Å². The fourth-order valence-electron chi connectivity index (χ4n) is 3.28. The summed E-state index contributed by atoms with van der Waals surface area (Å²) in [6.45, 7) is 6.14. The first-order valence-electron chi connectivity index (χ1n) is 8.46. The molecule has 9 heteroatoms. The lowest BCUT2D eigenvalue weighted by atomic mass is 10.2. The van der Waals surface area contributed by atoms with Gasteiger partial charge >= 0.3 is 0 Å². The zero-order chi connectivity index (χ0) is 19.1. The van der Waals surface area contributed by atoms with Gasteiger partial charge in [0.15, 0.2) is 9.84 Å². The lowest BCUT2D eigenvalue weighted by Crippen LogP contribution is -2.46. The molecule has 0 radical (unpaired) electrons. The molecular formula is C17H23N3O4S2. The zero-order valence-electron chi connectivity index (χ0n) is 15.1. The molecule has 1 aromatic heterocycles. The minimum absolute atomic E-state index is 0.0556. The molecule has 1 atom stereocenters. The Bertz CT molecular complexity index is 1030. The van der Waals surface area contributed by atoms with Crippen molar-refractivity contribution < 1.29 is 16.8 Å². The number of nitrogens with zero attached hydrogens (tertiary/aromatic N) is 3. The number of aromatic nitrogens is 2. The molecule has 1 fully saturated rings. The van der Waals surface area contributed by atoms with Crippen molar-refractivity contribution in [3.63, 3.8) is 0 Å². The lowest BCUT2D eigenvalue weighted by molar-refractivity contribution is 0.344. The highest BCUT2D eigenvalue weighted by Crippen LogP contribution is 2.33. The fourth-order valence-corrected chi connectivity index (χ4v) is 6.81. The molecular weight excluding hydrogens is 374 g/mol. The van der Waals surface area contributed by atoms with E-state index in [9.17, 15) is 16.8 Å². The molecule has 1 saturated heterocycles. The van der Waals surface area contributed by atoms with Crippen LogP contribution in [-0.4, -0.2) is 49.0 Å². The van der Waals surface area contributed by atoms with Gasteiger partial charge in [-0.1, -0.05) is 17.7 Å². The Morgan fingerprint density at radius 2 is 2.00 bits per heavy atom. The van der Waals surface area contributed by atoms with E-state index in [2.05, 4.69) is 5.10 Å². The second-order valence-electron chi connectivity index (χ2n) is 6.64. The van der Waals surface area contributed by atoms with Crippen molar-refractivity contribution in [2.24, 2.45) is 0 Å². The summed E-state index contributed by atoms with van der Waals surface area (Å²) in [5.41, 5.74) is 2.23. The zero-order valence-corrected chi connectivity index (χ0v) is 16.7. The maximum Gasteiger partial charge on any atom is 0.243 e. The number of benzene rings is 1. The minimum Gasteiger partial charge on any atom is -0.273 e. The smallest absolute Gasteiger partial charge is 0.243 e. The Kier molecular flexibility index (Phi) is 4.98. The summed E-state index contributed by atoms with van der Waals surface area (Å²) in [7, 11) is -7.14. The summed E-state index contributed by atoms with van der Waals surface area (Å²) in [6, 6.07) is 4.40. The van der Waals surface area contributed by atoms with Gasteiger partial charge in [-0.05, 0) is 32.4 Å². The van der Waals surface area contributed by atoms with E-state index < -0.39 is 25.9 Å². The molecule has 2 heterocycles. The summed E-state index contributed by atoms with van der Waals surface area (Å²) in [5, 5.41) is 4.18. The van der Waals surface area contributed by atoms with Crippen LogP contribution in [0.25, 0.3) is 0 Å². The van der Waals surface area contributed by atoms with E-state index in [-0.39, 0.29) is 22.9 Å². The molecule has 0 bridgehead atoms. The van der Waals surface area contributed by atoms with E-state index in [1.165, 1.54) is 4.31 Å². The number of rotatable bonds is 4. The van der Waals surface area contributed by atoms with Gasteiger partial charge in [0.05, 0.1) is 28.6 Å². The highest BCUT2D eigenvalue weighted by Gasteiger charge is 2.40. The monoisotopic (exact) mass is 397 g/mol. The first-order valence-corrected chi connectivity index (χ1v) is 11.7. The van der Waals surface area contributed by atoms with Gasteiger partial charge in [-0.3, -0.25) is 4.68 Å². The van der Waals surface area contributed by atoms with Gasteiger partial charge in [-0.25, -0.2) is 16.8 Å².